The third kappa shape index (κ3) is 4.07. The maximum atomic E-state index is 12.1. The maximum Gasteiger partial charge on any atom is 0.407 e. The lowest BCUT2D eigenvalue weighted by atomic mass is 9.98. The molecular weight excluding hydrogens is 380 g/mol. The van der Waals surface area contributed by atoms with Gasteiger partial charge in [-0.15, -0.1) is 0 Å². The highest BCUT2D eigenvalue weighted by Gasteiger charge is 2.28. The fourth-order valence-electron chi connectivity index (χ4n) is 3.65. The summed E-state index contributed by atoms with van der Waals surface area (Å²) >= 11 is 0. The highest BCUT2D eigenvalue weighted by Crippen LogP contribution is 2.44. The zero-order valence-corrected chi connectivity index (χ0v) is 16.1. The van der Waals surface area contributed by atoms with Gasteiger partial charge in [-0.1, -0.05) is 60.7 Å². The van der Waals surface area contributed by atoms with Crippen LogP contribution in [0, 0.1) is 0 Å². The number of carbonyl (C=O) groups is 2. The monoisotopic (exact) mass is 400 g/mol. The molecule has 6 nitrogen and oxygen atoms in total. The van der Waals surface area contributed by atoms with Crippen LogP contribution in [0.3, 0.4) is 0 Å². The standard InChI is InChI=1S/C24H20N2O4/c27-23(28)17-12-16(13-25-14-17)6-5-11-26-24(29)30-15-22-20-9-3-1-7-18(20)19-8-2-4-10-21(19)22/h1-10,12-14,22H,11,15H2,(H,26,29)(H,27,28)/b6-5+. The molecule has 0 radical (unpaired) electrons. The number of benzene rings is 2. The Hall–Kier alpha value is -3.93. The quantitative estimate of drug-likeness (QED) is 0.643. The molecule has 1 aliphatic carbocycles. The number of aromatic nitrogens is 1. The van der Waals surface area contributed by atoms with Gasteiger partial charge in [-0.2, -0.15) is 0 Å². The van der Waals surface area contributed by atoms with E-state index in [4.69, 9.17) is 9.84 Å². The second kappa shape index (κ2) is 8.61. The van der Waals surface area contributed by atoms with Crippen LogP contribution in [0.1, 0.15) is 33.0 Å². The van der Waals surface area contributed by atoms with Gasteiger partial charge in [0.25, 0.3) is 0 Å². The van der Waals surface area contributed by atoms with Gasteiger partial charge in [0.05, 0.1) is 5.56 Å². The summed E-state index contributed by atoms with van der Waals surface area (Å²) in [5, 5.41) is 11.7. The number of rotatable bonds is 6. The van der Waals surface area contributed by atoms with Crippen LogP contribution in [0.4, 0.5) is 4.79 Å². The fourth-order valence-corrected chi connectivity index (χ4v) is 3.65. The molecule has 0 fully saturated rings. The van der Waals surface area contributed by atoms with Crippen LogP contribution in [0.5, 0.6) is 0 Å². The minimum Gasteiger partial charge on any atom is -0.478 e. The molecule has 2 aromatic carbocycles. The van der Waals surface area contributed by atoms with Crippen molar-refractivity contribution in [2.24, 2.45) is 0 Å². The average Bonchev–Trinajstić information content (AvgIpc) is 3.09. The maximum absolute atomic E-state index is 12.1. The Morgan fingerprint density at radius 3 is 2.37 bits per heavy atom. The molecule has 150 valence electrons. The molecular formula is C24H20N2O4. The number of pyridine rings is 1. The second-order valence-corrected chi connectivity index (χ2v) is 6.92. The normalized spacial score (nSPS) is 12.4. The number of amides is 1. The van der Waals surface area contributed by atoms with Crippen LogP contribution in [0.25, 0.3) is 17.2 Å². The Morgan fingerprint density at radius 1 is 1.03 bits per heavy atom. The first-order valence-electron chi connectivity index (χ1n) is 9.57. The molecule has 3 aromatic rings. The molecule has 1 aromatic heterocycles. The van der Waals surface area contributed by atoms with Gasteiger partial charge in [0.1, 0.15) is 6.61 Å². The van der Waals surface area contributed by atoms with Crippen molar-refractivity contribution in [3.8, 4) is 11.1 Å². The Kier molecular flexibility index (Phi) is 5.57. The fraction of sp³-hybridized carbons (Fsp3) is 0.125. The summed E-state index contributed by atoms with van der Waals surface area (Å²) in [6.45, 7) is 0.516. The number of nitrogens with one attached hydrogen (secondary N) is 1. The molecule has 0 aliphatic heterocycles. The summed E-state index contributed by atoms with van der Waals surface area (Å²) in [7, 11) is 0. The highest BCUT2D eigenvalue weighted by molar-refractivity contribution is 5.87. The zero-order chi connectivity index (χ0) is 20.9. The molecule has 0 bridgehead atoms. The number of hydrogen-bond acceptors (Lipinski definition) is 4. The van der Waals surface area contributed by atoms with E-state index in [-0.39, 0.29) is 24.6 Å². The number of carboxylic acid groups (broad SMARTS) is 1. The van der Waals surface area contributed by atoms with E-state index in [0.29, 0.717) is 5.56 Å². The van der Waals surface area contributed by atoms with E-state index in [9.17, 15) is 9.59 Å². The van der Waals surface area contributed by atoms with Gasteiger partial charge in [0, 0.05) is 24.9 Å². The van der Waals surface area contributed by atoms with E-state index in [2.05, 4.69) is 34.6 Å². The summed E-state index contributed by atoms with van der Waals surface area (Å²) in [6.07, 6.45) is 5.75. The van der Waals surface area contributed by atoms with Crippen molar-refractivity contribution in [3.63, 3.8) is 0 Å². The molecule has 0 saturated heterocycles. The Balaban J connectivity index is 1.32. The van der Waals surface area contributed by atoms with E-state index in [0.717, 1.165) is 11.1 Å². The first-order chi connectivity index (χ1) is 14.6. The Morgan fingerprint density at radius 2 is 1.70 bits per heavy atom. The molecule has 1 aliphatic rings. The SMILES string of the molecule is O=C(NC/C=C/c1cncc(C(=O)O)c1)OCC1c2ccccc2-c2ccccc21. The average molecular weight is 400 g/mol. The molecule has 0 spiro atoms. The lowest BCUT2D eigenvalue weighted by molar-refractivity contribution is 0.0696. The first-order valence-corrected chi connectivity index (χ1v) is 9.57. The summed E-state index contributed by atoms with van der Waals surface area (Å²) < 4.78 is 5.47. The van der Waals surface area contributed by atoms with E-state index in [1.54, 1.807) is 18.3 Å². The summed E-state index contributed by atoms with van der Waals surface area (Å²) in [5.74, 6) is -1.02. The van der Waals surface area contributed by atoms with Crippen LogP contribution in [0.2, 0.25) is 0 Å². The van der Waals surface area contributed by atoms with Gasteiger partial charge in [0.2, 0.25) is 0 Å². The number of fused-ring (bicyclic) bond motifs is 3. The van der Waals surface area contributed by atoms with Crippen molar-refractivity contribution in [1.82, 2.24) is 10.3 Å². The number of carbonyl (C=O) groups excluding carboxylic acids is 1. The Labute approximate surface area is 173 Å². The third-order valence-corrected chi connectivity index (χ3v) is 5.02. The molecule has 0 saturated carbocycles. The van der Waals surface area contributed by atoms with Gasteiger partial charge >= 0.3 is 12.1 Å². The second-order valence-electron chi connectivity index (χ2n) is 6.92. The van der Waals surface area contributed by atoms with Gasteiger partial charge in [0.15, 0.2) is 0 Å². The molecule has 0 unspecified atom stereocenters. The highest BCUT2D eigenvalue weighted by atomic mass is 16.5. The summed E-state index contributed by atoms with van der Waals surface area (Å²) in [4.78, 5) is 27.0. The minimum atomic E-state index is -1.03. The minimum absolute atomic E-state index is 0.0172. The molecule has 6 heteroatoms. The van der Waals surface area contributed by atoms with Crippen molar-refractivity contribution < 1.29 is 19.4 Å². The van der Waals surface area contributed by atoms with Crippen LogP contribution in [-0.4, -0.2) is 35.3 Å². The lowest BCUT2D eigenvalue weighted by Gasteiger charge is -2.14. The predicted molar refractivity (Wildman–Crippen MR) is 113 cm³/mol. The zero-order valence-electron chi connectivity index (χ0n) is 16.1. The van der Waals surface area contributed by atoms with Gasteiger partial charge < -0.3 is 15.2 Å². The van der Waals surface area contributed by atoms with Crippen LogP contribution in [0.15, 0.2) is 73.1 Å². The van der Waals surface area contributed by atoms with Crippen molar-refractivity contribution in [2.45, 2.75) is 5.92 Å². The van der Waals surface area contributed by atoms with Gasteiger partial charge in [-0.25, -0.2) is 9.59 Å². The molecule has 2 N–H and O–H groups in total. The van der Waals surface area contributed by atoms with Gasteiger partial charge in [-0.05, 0) is 33.9 Å². The van der Waals surface area contributed by atoms with E-state index in [1.165, 1.54) is 23.4 Å². The van der Waals surface area contributed by atoms with Crippen molar-refractivity contribution >= 4 is 18.1 Å². The molecule has 30 heavy (non-hydrogen) atoms. The third-order valence-electron chi connectivity index (χ3n) is 5.02. The van der Waals surface area contributed by atoms with Gasteiger partial charge in [-0.3, -0.25) is 4.98 Å². The smallest absolute Gasteiger partial charge is 0.407 e. The Bertz CT molecular complexity index is 1080. The van der Waals surface area contributed by atoms with E-state index >= 15 is 0 Å². The number of ether oxygens (including phenoxy) is 1. The molecule has 0 atom stereocenters. The van der Waals surface area contributed by atoms with Crippen LogP contribution < -0.4 is 5.32 Å². The topological polar surface area (TPSA) is 88.5 Å². The summed E-state index contributed by atoms with van der Waals surface area (Å²) in [5.41, 5.74) is 5.45. The lowest BCUT2D eigenvalue weighted by Crippen LogP contribution is -2.26. The van der Waals surface area contributed by atoms with E-state index in [1.807, 2.05) is 24.3 Å². The molecule has 4 rings (SSSR count). The largest absolute Gasteiger partial charge is 0.478 e. The van der Waals surface area contributed by atoms with Crippen molar-refractivity contribution in [3.05, 3.63) is 95.3 Å². The number of aromatic carboxylic acids is 1. The number of alkyl carbamates (subject to hydrolysis) is 1. The number of carboxylic acids is 1. The van der Waals surface area contributed by atoms with Crippen molar-refractivity contribution in [1.29, 1.82) is 0 Å². The number of nitrogens with zero attached hydrogens (tertiary/aromatic N) is 1. The first kappa shape index (κ1) is 19.4. The van der Waals surface area contributed by atoms with Crippen LogP contribution in [-0.2, 0) is 4.74 Å². The molecule has 1 heterocycles. The summed E-state index contributed by atoms with van der Waals surface area (Å²) in [6, 6.07) is 17.9. The predicted octanol–water partition coefficient (Wildman–Crippen LogP) is 4.33. The van der Waals surface area contributed by atoms with E-state index < -0.39 is 12.1 Å². The number of hydrogen-bond donors (Lipinski definition) is 2. The van der Waals surface area contributed by atoms with Crippen molar-refractivity contribution in [2.75, 3.05) is 13.2 Å². The van der Waals surface area contributed by atoms with Crippen LogP contribution >= 0.6 is 0 Å². The molecule has 1 amide bonds.